The zero-order valence-electron chi connectivity index (χ0n) is 14.5. The van der Waals surface area contributed by atoms with E-state index in [2.05, 4.69) is 5.09 Å². The second kappa shape index (κ2) is 8.10. The lowest BCUT2D eigenvalue weighted by atomic mass is 10.3. The Bertz CT molecular complexity index is 651. The Hall–Kier alpha value is -1.43. The van der Waals surface area contributed by atoms with E-state index in [0.717, 1.165) is 13.1 Å². The molecule has 0 aromatic heterocycles. The molecule has 1 heterocycles. The minimum atomic E-state index is -2.66. The fourth-order valence-electron chi connectivity index (χ4n) is 2.21. The Balaban J connectivity index is 2.19. The van der Waals surface area contributed by atoms with Crippen LogP contribution < -0.4 is 9.61 Å². The number of rotatable bonds is 7. The fraction of sp³-hybridized carbons (Fsp3) is 0.500. The third-order valence-electron chi connectivity index (χ3n) is 3.38. The molecule has 1 aliphatic heterocycles. The molecule has 2 atom stereocenters. The van der Waals surface area contributed by atoms with Crippen LogP contribution in [0.4, 0.5) is 0 Å². The van der Waals surface area contributed by atoms with Crippen molar-refractivity contribution >= 4 is 30.7 Å². The van der Waals surface area contributed by atoms with Gasteiger partial charge in [0.15, 0.2) is 0 Å². The van der Waals surface area contributed by atoms with E-state index < -0.39 is 12.6 Å². The van der Waals surface area contributed by atoms with Gasteiger partial charge < -0.3 is 9.26 Å². The van der Waals surface area contributed by atoms with Gasteiger partial charge in [0.05, 0.1) is 13.2 Å². The third kappa shape index (κ3) is 5.03. The summed E-state index contributed by atoms with van der Waals surface area (Å²) < 4.78 is 15.4. The highest BCUT2D eigenvalue weighted by Gasteiger charge is 2.39. The van der Waals surface area contributed by atoms with Gasteiger partial charge in [-0.05, 0) is 32.9 Å². The van der Waals surface area contributed by atoms with E-state index in [-0.39, 0.29) is 12.1 Å². The number of nitrogens with one attached hydrogen (secondary N) is 1. The van der Waals surface area contributed by atoms with Crippen molar-refractivity contribution in [2.24, 2.45) is 0 Å². The number of carbonyl (C=O) groups is 1. The third-order valence-corrected chi connectivity index (χ3v) is 6.71. The van der Waals surface area contributed by atoms with Crippen LogP contribution in [0.15, 0.2) is 30.3 Å². The Morgan fingerprint density at radius 2 is 2.00 bits per heavy atom. The Labute approximate surface area is 148 Å². The average molecular weight is 370 g/mol. The summed E-state index contributed by atoms with van der Waals surface area (Å²) in [7, 11) is 1.98. The average Bonchev–Trinajstić information content (AvgIpc) is 2.95. The smallest absolute Gasteiger partial charge is 0.362 e. The van der Waals surface area contributed by atoms with Crippen LogP contribution in [0, 0.1) is 0 Å². The molecule has 2 rings (SSSR count). The molecule has 0 fully saturated rings. The van der Waals surface area contributed by atoms with E-state index in [1.54, 1.807) is 6.92 Å². The summed E-state index contributed by atoms with van der Waals surface area (Å²) in [6.45, 7) is 4.35. The maximum absolute atomic E-state index is 12.2. The van der Waals surface area contributed by atoms with Gasteiger partial charge in [-0.15, -0.1) is 0 Å². The van der Waals surface area contributed by atoms with E-state index in [9.17, 15) is 4.79 Å². The van der Waals surface area contributed by atoms with Gasteiger partial charge >= 0.3 is 12.5 Å². The van der Waals surface area contributed by atoms with E-state index in [1.807, 2.05) is 66.8 Å². The standard InChI is InChI=1S/C16H25N3O3PS/c1-13(2)21-16(20)14(3)17-23(24,19-11-10-18(4)12-19)22-15-8-6-5-7-9-15/h5-9,12-14H,10-11H2,1-4H3,(H,17,24)/q+1/t14?,23-/m0/s1. The van der Waals surface area contributed by atoms with Gasteiger partial charge in [-0.1, -0.05) is 18.2 Å². The molecule has 0 aliphatic carbocycles. The largest absolute Gasteiger partial charge is 0.462 e. The van der Waals surface area contributed by atoms with E-state index in [1.165, 1.54) is 0 Å². The predicted octanol–water partition coefficient (Wildman–Crippen LogP) is 2.21. The van der Waals surface area contributed by atoms with Gasteiger partial charge in [0.2, 0.25) is 6.34 Å². The summed E-state index contributed by atoms with van der Waals surface area (Å²) in [5.41, 5.74) is 0. The summed E-state index contributed by atoms with van der Waals surface area (Å²) in [4.78, 5) is 12.2. The molecule has 0 spiro atoms. The zero-order chi connectivity index (χ0) is 17.7. The van der Waals surface area contributed by atoms with Crippen LogP contribution in [-0.2, 0) is 21.3 Å². The molecule has 6 nitrogen and oxygen atoms in total. The second-order valence-corrected chi connectivity index (χ2v) is 9.50. The molecule has 132 valence electrons. The van der Waals surface area contributed by atoms with E-state index in [4.69, 9.17) is 21.1 Å². The van der Waals surface area contributed by atoms with Gasteiger partial charge in [-0.2, -0.15) is 4.67 Å². The highest BCUT2D eigenvalue weighted by atomic mass is 32.5. The molecule has 0 amide bonds. The molecule has 0 bridgehead atoms. The van der Waals surface area contributed by atoms with Crippen LogP contribution in [0.1, 0.15) is 20.8 Å². The molecule has 8 heteroatoms. The van der Waals surface area contributed by atoms with Gasteiger partial charge in [0.25, 0.3) is 0 Å². The first-order valence-electron chi connectivity index (χ1n) is 7.95. The summed E-state index contributed by atoms with van der Waals surface area (Å²) in [6.07, 6.45) is 1.77. The van der Waals surface area contributed by atoms with Crippen LogP contribution in [0.3, 0.4) is 0 Å². The van der Waals surface area contributed by atoms with Crippen molar-refractivity contribution in [3.05, 3.63) is 30.3 Å². The van der Waals surface area contributed by atoms with Crippen molar-refractivity contribution in [3.63, 3.8) is 0 Å². The van der Waals surface area contributed by atoms with Crippen molar-refractivity contribution in [2.45, 2.75) is 32.9 Å². The highest BCUT2D eigenvalue weighted by Crippen LogP contribution is 2.47. The number of hydrogen-bond donors (Lipinski definition) is 1. The number of likely N-dealkylation sites (N-methyl/N-ethyl adjacent to an activating group) is 1. The van der Waals surface area contributed by atoms with Crippen molar-refractivity contribution < 1.29 is 18.6 Å². The first kappa shape index (κ1) is 18.9. The number of esters is 1. The molecular formula is C16H25N3O3PS+. The van der Waals surface area contributed by atoms with Crippen molar-refractivity contribution in [3.8, 4) is 5.75 Å². The van der Waals surface area contributed by atoms with E-state index >= 15 is 0 Å². The van der Waals surface area contributed by atoms with Crippen LogP contribution >= 0.6 is 6.57 Å². The van der Waals surface area contributed by atoms with Crippen LogP contribution in [-0.4, -0.2) is 53.8 Å². The molecule has 1 unspecified atom stereocenters. The summed E-state index contributed by atoms with van der Waals surface area (Å²) in [6, 6.07) is 8.87. The first-order valence-corrected chi connectivity index (χ1v) is 10.6. The lowest BCUT2D eigenvalue weighted by Crippen LogP contribution is -2.40. The number of ether oxygens (including phenoxy) is 1. The zero-order valence-corrected chi connectivity index (χ0v) is 16.2. The van der Waals surface area contributed by atoms with Gasteiger partial charge in [0.1, 0.15) is 24.9 Å². The van der Waals surface area contributed by atoms with Gasteiger partial charge in [-0.25, -0.2) is 5.09 Å². The first-order chi connectivity index (χ1) is 11.3. The molecule has 0 saturated carbocycles. The number of carbonyl (C=O) groups excluding carboxylic acids is 1. The highest BCUT2D eigenvalue weighted by molar-refractivity contribution is 8.10. The SMILES string of the molecule is CC(C)OC(=O)C(C)N[P@@](=S)(Oc1ccccc1)N1C=[N+](C)CC1. The maximum atomic E-state index is 12.2. The minimum Gasteiger partial charge on any atom is -0.462 e. The van der Waals surface area contributed by atoms with E-state index in [0.29, 0.717) is 5.75 Å². The molecular weight excluding hydrogens is 345 g/mol. The molecule has 0 radical (unpaired) electrons. The quantitative estimate of drug-likeness (QED) is 0.451. The fourth-order valence-corrected chi connectivity index (χ4v) is 5.29. The predicted molar refractivity (Wildman–Crippen MR) is 99.0 cm³/mol. The molecule has 24 heavy (non-hydrogen) atoms. The summed E-state index contributed by atoms with van der Waals surface area (Å²) >= 11 is 5.84. The number of nitrogens with zero attached hydrogens (tertiary/aromatic N) is 2. The number of hydrogen-bond acceptors (Lipinski definition) is 4. The Morgan fingerprint density at radius 1 is 1.33 bits per heavy atom. The Morgan fingerprint density at radius 3 is 2.54 bits per heavy atom. The molecule has 1 N–H and O–H groups in total. The molecule has 1 aromatic rings. The lowest BCUT2D eigenvalue weighted by Gasteiger charge is -2.28. The molecule has 0 saturated heterocycles. The molecule has 1 aromatic carbocycles. The van der Waals surface area contributed by atoms with Crippen LogP contribution in [0.5, 0.6) is 5.75 Å². The van der Waals surface area contributed by atoms with Crippen LogP contribution in [0.2, 0.25) is 0 Å². The number of benzene rings is 1. The number of para-hydroxylation sites is 1. The minimum absolute atomic E-state index is 0.167. The van der Waals surface area contributed by atoms with Gasteiger partial charge in [-0.3, -0.25) is 9.37 Å². The second-order valence-electron chi connectivity index (χ2n) is 6.02. The molecule has 1 aliphatic rings. The monoisotopic (exact) mass is 370 g/mol. The topological polar surface area (TPSA) is 53.8 Å². The Kier molecular flexibility index (Phi) is 6.38. The summed E-state index contributed by atoms with van der Waals surface area (Å²) in [5, 5.41) is 3.21. The van der Waals surface area contributed by atoms with Gasteiger partial charge in [0, 0.05) is 11.8 Å². The van der Waals surface area contributed by atoms with Crippen molar-refractivity contribution in [1.82, 2.24) is 9.76 Å². The summed E-state index contributed by atoms with van der Waals surface area (Å²) in [5.74, 6) is 0.351. The normalized spacial score (nSPS) is 18.0. The van der Waals surface area contributed by atoms with Crippen LogP contribution in [0.25, 0.3) is 0 Å². The van der Waals surface area contributed by atoms with Crippen molar-refractivity contribution in [1.29, 1.82) is 0 Å². The lowest BCUT2D eigenvalue weighted by molar-refractivity contribution is -0.482. The van der Waals surface area contributed by atoms with Crippen molar-refractivity contribution in [2.75, 3.05) is 20.1 Å². The maximum Gasteiger partial charge on any atom is 0.362 e.